The molecule has 0 saturated heterocycles. The summed E-state index contributed by atoms with van der Waals surface area (Å²) in [6.07, 6.45) is 1.50. The molecule has 1 amide bonds. The van der Waals surface area contributed by atoms with E-state index < -0.39 is 0 Å². The Morgan fingerprint density at radius 3 is 3.03 bits per heavy atom. The van der Waals surface area contributed by atoms with Gasteiger partial charge in [-0.25, -0.2) is 0 Å². The number of ether oxygens (including phenoxy) is 2. The number of rotatable bonds is 7. The molecule has 1 aromatic carbocycles. The summed E-state index contributed by atoms with van der Waals surface area (Å²) in [4.78, 5) is 12.7. The maximum atomic E-state index is 12.7. The Kier molecular flexibility index (Phi) is 5.85. The van der Waals surface area contributed by atoms with Crippen molar-refractivity contribution in [2.75, 3.05) is 13.2 Å². The number of fused-ring (bicyclic) bond motifs is 1. The second kappa shape index (κ2) is 8.71. The minimum atomic E-state index is -0.282. The van der Waals surface area contributed by atoms with Gasteiger partial charge in [-0.05, 0) is 31.5 Å². The second-order valence-electron chi connectivity index (χ2n) is 7.48. The lowest BCUT2D eigenvalue weighted by Crippen LogP contribution is -2.27. The maximum absolute atomic E-state index is 12.7. The summed E-state index contributed by atoms with van der Waals surface area (Å²) < 4.78 is 18.6. The first-order chi connectivity index (χ1) is 14.5. The highest BCUT2D eigenvalue weighted by atomic mass is 16.5. The Morgan fingerprint density at radius 1 is 1.33 bits per heavy atom. The molecule has 0 atom stereocenters. The summed E-state index contributed by atoms with van der Waals surface area (Å²) in [5, 5.41) is 11.4. The van der Waals surface area contributed by atoms with Crippen LogP contribution in [-0.2, 0) is 37.8 Å². The van der Waals surface area contributed by atoms with Gasteiger partial charge in [0.1, 0.15) is 18.1 Å². The Morgan fingerprint density at radius 2 is 2.20 bits per heavy atom. The van der Waals surface area contributed by atoms with Gasteiger partial charge in [-0.3, -0.25) is 9.48 Å². The number of nitrogens with zero attached hydrogens (tertiary/aromatic N) is 3. The highest BCUT2D eigenvalue weighted by Crippen LogP contribution is 2.21. The van der Waals surface area contributed by atoms with Gasteiger partial charge in [0.2, 0.25) is 0 Å². The van der Waals surface area contributed by atoms with Crippen LogP contribution >= 0.6 is 0 Å². The Labute approximate surface area is 175 Å². The van der Waals surface area contributed by atoms with Crippen LogP contribution in [0.4, 0.5) is 0 Å². The lowest BCUT2D eigenvalue weighted by atomic mass is 10.1. The van der Waals surface area contributed by atoms with Crippen LogP contribution in [-0.4, -0.2) is 34.0 Å². The fourth-order valence-corrected chi connectivity index (χ4v) is 3.67. The van der Waals surface area contributed by atoms with Crippen molar-refractivity contribution in [1.29, 1.82) is 0 Å². The molecule has 8 nitrogen and oxygen atoms in total. The largest absolute Gasteiger partial charge is 0.489 e. The van der Waals surface area contributed by atoms with Crippen molar-refractivity contribution >= 4 is 5.91 Å². The first-order valence-electron chi connectivity index (χ1n) is 10.1. The molecule has 1 N–H and O–H groups in total. The van der Waals surface area contributed by atoms with Crippen LogP contribution in [0.25, 0.3) is 0 Å². The van der Waals surface area contributed by atoms with Gasteiger partial charge in [-0.2, -0.15) is 5.10 Å². The third kappa shape index (κ3) is 4.23. The van der Waals surface area contributed by atoms with Gasteiger partial charge in [0.15, 0.2) is 5.69 Å². The number of nitrogens with one attached hydrogen (secondary N) is 1. The Bertz CT molecular complexity index is 1050. The fraction of sp³-hybridized carbons (Fsp3) is 0.409. The first kappa shape index (κ1) is 20.2. The predicted octanol–water partition coefficient (Wildman–Crippen LogP) is 2.65. The smallest absolute Gasteiger partial charge is 0.273 e. The number of carbonyl (C=O) groups is 1. The summed E-state index contributed by atoms with van der Waals surface area (Å²) in [5.41, 5.74) is 5.33. The maximum Gasteiger partial charge on any atom is 0.273 e. The molecule has 0 aliphatic carbocycles. The Balaban J connectivity index is 1.37. The molecule has 3 heterocycles. The van der Waals surface area contributed by atoms with E-state index in [0.29, 0.717) is 30.9 Å². The predicted molar refractivity (Wildman–Crippen MR) is 109 cm³/mol. The van der Waals surface area contributed by atoms with Crippen molar-refractivity contribution in [3.05, 3.63) is 63.8 Å². The molecule has 2 aromatic heterocycles. The molecule has 30 heavy (non-hydrogen) atoms. The highest BCUT2D eigenvalue weighted by molar-refractivity contribution is 5.93. The number of aryl methyl sites for hydroxylation is 3. The minimum absolute atomic E-state index is 0.215. The molecule has 4 rings (SSSR count). The van der Waals surface area contributed by atoms with Crippen molar-refractivity contribution < 1.29 is 18.8 Å². The number of aromatic nitrogens is 3. The highest BCUT2D eigenvalue weighted by Gasteiger charge is 2.22. The van der Waals surface area contributed by atoms with Crippen LogP contribution in [0, 0.1) is 13.8 Å². The average Bonchev–Trinajstić information content (AvgIpc) is 3.26. The summed E-state index contributed by atoms with van der Waals surface area (Å²) in [7, 11) is 1.95. The Hall–Kier alpha value is -3.13. The molecule has 3 aromatic rings. The summed E-state index contributed by atoms with van der Waals surface area (Å²) in [6, 6.07) is 7.76. The zero-order valence-corrected chi connectivity index (χ0v) is 17.5. The van der Waals surface area contributed by atoms with E-state index in [9.17, 15) is 4.79 Å². The number of hydrogen-bond donors (Lipinski definition) is 1. The molecule has 8 heteroatoms. The average molecular weight is 410 g/mol. The van der Waals surface area contributed by atoms with E-state index in [-0.39, 0.29) is 18.2 Å². The van der Waals surface area contributed by atoms with Crippen molar-refractivity contribution in [3.63, 3.8) is 0 Å². The molecule has 1 aliphatic heterocycles. The zero-order valence-electron chi connectivity index (χ0n) is 17.5. The van der Waals surface area contributed by atoms with E-state index in [2.05, 4.69) is 15.6 Å². The van der Waals surface area contributed by atoms with E-state index in [1.54, 1.807) is 6.92 Å². The molecular weight excluding hydrogens is 384 g/mol. The fourth-order valence-electron chi connectivity index (χ4n) is 3.67. The van der Waals surface area contributed by atoms with Gasteiger partial charge < -0.3 is 19.3 Å². The standard InChI is InChI=1S/C22H26N4O4/c1-14-5-4-6-16(11-14)29-13-17-15(2)30-25-21(17)22(27)23-9-7-19-18-12-28-10-8-20(18)26(3)24-19/h4-6,11H,7-10,12-13H2,1-3H3,(H,23,27). The van der Waals surface area contributed by atoms with Gasteiger partial charge in [-0.15, -0.1) is 0 Å². The molecule has 0 spiro atoms. The molecule has 0 bridgehead atoms. The molecule has 0 saturated carbocycles. The van der Waals surface area contributed by atoms with Crippen molar-refractivity contribution in [1.82, 2.24) is 20.3 Å². The quantitative estimate of drug-likeness (QED) is 0.644. The molecule has 1 aliphatic rings. The van der Waals surface area contributed by atoms with Crippen LogP contribution < -0.4 is 10.1 Å². The van der Waals surface area contributed by atoms with Gasteiger partial charge in [0.05, 0.1) is 24.5 Å². The normalized spacial score (nSPS) is 13.2. The van der Waals surface area contributed by atoms with Gasteiger partial charge in [0, 0.05) is 37.7 Å². The van der Waals surface area contributed by atoms with E-state index in [1.807, 2.05) is 42.9 Å². The lowest BCUT2D eigenvalue weighted by Gasteiger charge is -2.13. The number of amides is 1. The molecule has 0 unspecified atom stereocenters. The van der Waals surface area contributed by atoms with Gasteiger partial charge >= 0.3 is 0 Å². The van der Waals surface area contributed by atoms with Crippen LogP contribution in [0.1, 0.15) is 44.3 Å². The molecule has 0 radical (unpaired) electrons. The number of carbonyl (C=O) groups excluding carboxylic acids is 1. The SMILES string of the molecule is Cc1cccc(OCc2c(C(=O)NCCc3nn(C)c4c3COCC4)noc2C)c1. The second-order valence-corrected chi connectivity index (χ2v) is 7.48. The zero-order chi connectivity index (χ0) is 21.1. The molecule has 158 valence electrons. The van der Waals surface area contributed by atoms with Crippen molar-refractivity contribution in [3.8, 4) is 5.75 Å². The molecular formula is C22H26N4O4. The van der Waals surface area contributed by atoms with Crippen LogP contribution in [0.5, 0.6) is 5.75 Å². The van der Waals surface area contributed by atoms with Gasteiger partial charge in [-0.1, -0.05) is 17.3 Å². The lowest BCUT2D eigenvalue weighted by molar-refractivity contribution is 0.0942. The number of benzene rings is 1. The van der Waals surface area contributed by atoms with Crippen molar-refractivity contribution in [2.24, 2.45) is 7.05 Å². The van der Waals surface area contributed by atoms with E-state index in [0.717, 1.165) is 35.6 Å². The van der Waals surface area contributed by atoms with E-state index >= 15 is 0 Å². The van der Waals surface area contributed by atoms with E-state index in [4.69, 9.17) is 14.0 Å². The summed E-state index contributed by atoms with van der Waals surface area (Å²) in [6.45, 7) is 5.75. The minimum Gasteiger partial charge on any atom is -0.489 e. The van der Waals surface area contributed by atoms with Crippen LogP contribution in [0.2, 0.25) is 0 Å². The van der Waals surface area contributed by atoms with Crippen LogP contribution in [0.15, 0.2) is 28.8 Å². The number of hydrogen-bond acceptors (Lipinski definition) is 6. The van der Waals surface area contributed by atoms with Crippen LogP contribution in [0.3, 0.4) is 0 Å². The third-order valence-electron chi connectivity index (χ3n) is 5.31. The topological polar surface area (TPSA) is 91.4 Å². The van der Waals surface area contributed by atoms with Gasteiger partial charge in [0.25, 0.3) is 5.91 Å². The first-order valence-corrected chi connectivity index (χ1v) is 10.1. The molecule has 0 fully saturated rings. The van der Waals surface area contributed by atoms with E-state index in [1.165, 1.54) is 5.69 Å². The monoisotopic (exact) mass is 410 g/mol. The third-order valence-corrected chi connectivity index (χ3v) is 5.31. The van der Waals surface area contributed by atoms with Crippen molar-refractivity contribution in [2.45, 2.75) is 39.9 Å². The summed E-state index contributed by atoms with van der Waals surface area (Å²) >= 11 is 0. The summed E-state index contributed by atoms with van der Waals surface area (Å²) in [5.74, 6) is 1.03.